The zero-order valence-electron chi connectivity index (χ0n) is 75.6. The van der Waals surface area contributed by atoms with Crippen molar-refractivity contribution in [1.82, 2.24) is 25.8 Å². The van der Waals surface area contributed by atoms with Crippen LogP contribution in [0.15, 0.2) is 357 Å². The van der Waals surface area contributed by atoms with Crippen LogP contribution >= 0.6 is 0 Å². The quantitative estimate of drug-likeness (QED) is 0.0772. The molecule has 0 aliphatic carbocycles. The maximum Gasteiger partial charge on any atom is 0.243 e. The van der Waals surface area contributed by atoms with Crippen molar-refractivity contribution in [2.75, 3.05) is 19.6 Å². The van der Waals surface area contributed by atoms with Crippen LogP contribution in [0, 0.1) is 72.0 Å². The van der Waals surface area contributed by atoms with Crippen LogP contribution in [0.4, 0.5) is 4.39 Å². The summed E-state index contributed by atoms with van der Waals surface area (Å²) in [5.41, 5.74) is 10.6. The fraction of sp³-hybridized carbons (Fsp3) is 0.262. The van der Waals surface area contributed by atoms with Gasteiger partial charge in [-0.05, 0) is 185 Å². The Kier molecular flexibility index (Phi) is 27.2. The number of rotatable bonds is 18. The van der Waals surface area contributed by atoms with E-state index in [2.05, 4.69) is 0 Å². The number of benzene rings is 13. The number of nitrogens with zero attached hydrogens (tertiary/aromatic N) is 6. The maximum absolute atomic E-state index is 15.3. The molecule has 0 unspecified atom stereocenters. The molecule has 6 aliphatic rings. The molecule has 6 fully saturated rings. The summed E-state index contributed by atoms with van der Waals surface area (Å²) >= 11 is 0. The highest BCUT2D eigenvalue weighted by molar-refractivity contribution is 7.90. The van der Waals surface area contributed by atoms with Crippen molar-refractivity contribution in [2.24, 2.45) is 17.8 Å². The molecule has 696 valence electrons. The normalized spacial score (nSPS) is 23.1. The number of halogens is 1. The van der Waals surface area contributed by atoms with Crippen LogP contribution in [0.5, 0.6) is 0 Å². The third-order valence-electron chi connectivity index (χ3n) is 27.4. The molecular weight excluding hydrogens is 1820 g/mol. The first-order valence-corrected chi connectivity index (χ1v) is 53.7. The zero-order chi connectivity index (χ0) is 95.4. The number of carbonyl (C=O) groups excluding carboxylic acids is 3. The van der Waals surface area contributed by atoms with Crippen molar-refractivity contribution < 1.29 is 69.3 Å². The van der Waals surface area contributed by atoms with E-state index in [0.717, 1.165) is 72.0 Å². The first-order valence-electron chi connectivity index (χ1n) is 45.1. The van der Waals surface area contributed by atoms with Gasteiger partial charge in [-0.3, -0.25) is 14.4 Å². The van der Waals surface area contributed by atoms with E-state index in [0.29, 0.717) is 5.56 Å². The summed E-state index contributed by atoms with van der Waals surface area (Å²) in [7, 11) is -24.6. The van der Waals surface area contributed by atoms with Crippen LogP contribution < -0.4 is 0 Å². The maximum atomic E-state index is 15.3. The van der Waals surface area contributed by atoms with Gasteiger partial charge in [0.25, 0.3) is 0 Å². The van der Waals surface area contributed by atoms with Gasteiger partial charge in [-0.1, -0.05) is 288 Å². The Hall–Kier alpha value is -11.5. The molecule has 0 radical (unpaired) electrons. The fourth-order valence-electron chi connectivity index (χ4n) is 20.3. The van der Waals surface area contributed by atoms with E-state index >= 15 is 4.39 Å². The second-order valence-electron chi connectivity index (χ2n) is 36.2. The molecule has 28 heteroatoms. The van der Waals surface area contributed by atoms with E-state index in [1.807, 2.05) is 188 Å². The highest BCUT2D eigenvalue weighted by Gasteiger charge is 2.59. The van der Waals surface area contributed by atoms with E-state index in [1.165, 1.54) is 64.0 Å². The number of ketones is 3. The van der Waals surface area contributed by atoms with Gasteiger partial charge >= 0.3 is 0 Å². The first kappa shape index (κ1) is 95.3. The van der Waals surface area contributed by atoms with E-state index < -0.39 is 138 Å². The predicted octanol–water partition coefficient (Wildman–Crippen LogP) is 19.1. The van der Waals surface area contributed by atoms with Crippen LogP contribution in [0.3, 0.4) is 0 Å². The van der Waals surface area contributed by atoms with E-state index in [9.17, 15) is 64.9 Å². The minimum Gasteiger partial charge on any atom is -0.299 e. The molecular formula is C107H105FN6O15S6. The van der Waals surface area contributed by atoms with Crippen molar-refractivity contribution in [3.05, 3.63) is 406 Å². The van der Waals surface area contributed by atoms with E-state index in [-0.39, 0.29) is 110 Å². The number of carbonyl (C=O) groups is 3. The molecule has 13 aromatic rings. The lowest BCUT2D eigenvalue weighted by atomic mass is 9.77. The highest BCUT2D eigenvalue weighted by Crippen LogP contribution is 2.54. The summed E-state index contributed by atoms with van der Waals surface area (Å²) in [6.07, 6.45) is -0.0987. The SMILES string of the molecule is Cc1ccc([C@@H]2C[C@H]3[C@@H](CN2S(=O)(=O)c2ccccc2)C(=O)C[C@@H](c2ccc(C)cc2)N3S(=O)(=O)c2ccc(C)cc2)cc1.Cc1ccc([C@@H]2C[C@H]3[C@@H](CN2S(=O)(=O)c2ccccc2)C(=O)C[C@@H](c2cccc4ccccc24)N3S(=O)(=O)c2ccc(C)cc2)cc1.Cc1ccc([C@@H]2C[C@H]3[C@@H](CN2S(=O)(=O)c2ccccc2)C(=O)C[C@@H](c2ccccc2F)N3S(=O)(=O)c2ccc(C)cc2)cc1. The van der Waals surface area contributed by atoms with Gasteiger partial charge in [-0.25, -0.2) is 54.9 Å². The van der Waals surface area contributed by atoms with Crippen LogP contribution in [0.2, 0.25) is 0 Å². The summed E-state index contributed by atoms with van der Waals surface area (Å²) < 4.78 is 197. The van der Waals surface area contributed by atoms with Crippen LogP contribution in [0.1, 0.15) is 147 Å². The fourth-order valence-corrected chi connectivity index (χ4v) is 30.8. The van der Waals surface area contributed by atoms with E-state index in [1.54, 1.807) is 150 Å². The number of aryl methyl sites for hydroxylation is 7. The van der Waals surface area contributed by atoms with Crippen molar-refractivity contribution >= 4 is 88.3 Å². The van der Waals surface area contributed by atoms with Crippen molar-refractivity contribution in [3.63, 3.8) is 0 Å². The Labute approximate surface area is 791 Å². The minimum absolute atomic E-state index is 0.0155. The molecule has 0 amide bonds. The van der Waals surface area contributed by atoms with Crippen molar-refractivity contribution in [1.29, 1.82) is 0 Å². The van der Waals surface area contributed by atoms with Gasteiger partial charge in [-0.2, -0.15) is 25.8 Å². The average molecular weight is 1930 g/mol. The number of fused-ring (bicyclic) bond motifs is 4. The third kappa shape index (κ3) is 18.9. The van der Waals surface area contributed by atoms with Crippen molar-refractivity contribution in [2.45, 2.75) is 171 Å². The molecule has 135 heavy (non-hydrogen) atoms. The largest absolute Gasteiger partial charge is 0.299 e. The standard InChI is InChI=1S/C38H36N2O5S2.C35H36N2O5S2.C34H33FN2O5S2/c1-26-15-19-29(20-16-26)35-23-36-34(25-39(35)46(42,43)30-11-4-3-5-12-30)38(41)24-37(33-14-8-10-28-9-6-7-13-32(28)33)40(36)47(44,45)31-21-17-27(2)18-22-31;1-24-9-15-27(16-10-24)32-21-34-31(23-36(32)43(39,40)29-7-5-4-6-8-29)35(38)22-33(28-17-11-25(2)12-18-28)37(34)44(41,42)30-19-13-26(3)14-20-30;1-23-12-16-25(17-13-23)31-20-32-29(22-36(31)43(39,40)26-8-4-3-5-9-26)34(38)21-33(28-10-6-7-11-30(28)35)37(32)44(41,42)27-18-14-24(2)15-19-27/h3-22,34-37H,23-25H2,1-2H3;4-20,31-34H,21-23H2,1-3H3;3-19,29,31-33H,20-22H2,1-2H3/t34-,35+,36+,37+;31-,32+,33+,34+;29-,31+,32+,33+/m111/s1. The zero-order valence-corrected chi connectivity index (χ0v) is 80.5. The van der Waals surface area contributed by atoms with Gasteiger partial charge in [0.1, 0.15) is 23.2 Å². The van der Waals surface area contributed by atoms with Gasteiger partial charge < -0.3 is 0 Å². The van der Waals surface area contributed by atoms with Crippen molar-refractivity contribution in [3.8, 4) is 0 Å². The Balaban J connectivity index is 0.000000141. The van der Waals surface area contributed by atoms with Gasteiger partial charge in [0.15, 0.2) is 0 Å². The topological polar surface area (TPSA) is 275 Å². The van der Waals surface area contributed by atoms with Crippen LogP contribution in [0.25, 0.3) is 10.8 Å². The minimum atomic E-state index is -4.26. The molecule has 0 bridgehead atoms. The second kappa shape index (κ2) is 38.6. The lowest BCUT2D eigenvalue weighted by Gasteiger charge is -2.51. The monoisotopic (exact) mass is 1920 g/mol. The Morgan fingerprint density at radius 3 is 0.793 bits per heavy atom. The second-order valence-corrected chi connectivity index (χ2v) is 47.4. The van der Waals surface area contributed by atoms with Gasteiger partial charge in [-0.15, -0.1) is 0 Å². The number of hydrogen-bond acceptors (Lipinski definition) is 15. The van der Waals surface area contributed by atoms with Crippen LogP contribution in [-0.4, -0.2) is 131 Å². The summed E-state index contributed by atoms with van der Waals surface area (Å²) in [4.78, 5) is 42.8. The molecule has 12 atom stereocenters. The van der Waals surface area contributed by atoms with E-state index in [4.69, 9.17) is 0 Å². The number of hydrogen-bond donors (Lipinski definition) is 0. The molecule has 0 aromatic heterocycles. The summed E-state index contributed by atoms with van der Waals surface area (Å²) in [5.74, 6) is -3.79. The summed E-state index contributed by atoms with van der Waals surface area (Å²) in [5, 5.41) is 1.84. The third-order valence-corrected chi connectivity index (χ3v) is 38.9. The Morgan fingerprint density at radius 1 is 0.237 bits per heavy atom. The van der Waals surface area contributed by atoms with Gasteiger partial charge in [0, 0.05) is 80.3 Å². The molecule has 6 aliphatic heterocycles. The number of piperidine rings is 6. The smallest absolute Gasteiger partial charge is 0.243 e. The molecule has 0 spiro atoms. The highest BCUT2D eigenvalue weighted by atomic mass is 32.2. The Bertz CT molecular complexity index is 7330. The number of sulfonamides is 6. The first-order chi connectivity index (χ1) is 64.5. The van der Waals surface area contributed by atoms with Crippen LogP contribution in [-0.2, 0) is 74.5 Å². The number of Topliss-reactive ketones (excluding diaryl/α,β-unsaturated/α-hetero) is 3. The molecule has 13 aromatic carbocycles. The summed E-state index contributed by atoms with van der Waals surface area (Å²) in [6, 6.07) is 87.1. The lowest BCUT2D eigenvalue weighted by molar-refractivity contribution is -0.133. The molecule has 0 saturated carbocycles. The average Bonchev–Trinajstić information content (AvgIpc) is 0.730. The van der Waals surface area contributed by atoms with Gasteiger partial charge in [0.05, 0.1) is 65.6 Å². The molecule has 19 rings (SSSR count). The summed E-state index contributed by atoms with van der Waals surface area (Å²) in [6.45, 7) is 13.0. The molecule has 6 saturated heterocycles. The molecule has 0 N–H and O–H groups in total. The lowest BCUT2D eigenvalue weighted by Crippen LogP contribution is -2.61. The molecule has 21 nitrogen and oxygen atoms in total. The predicted molar refractivity (Wildman–Crippen MR) is 518 cm³/mol. The Morgan fingerprint density at radius 2 is 0.474 bits per heavy atom. The van der Waals surface area contributed by atoms with Gasteiger partial charge in [0.2, 0.25) is 60.1 Å². The molecule has 6 heterocycles.